The Morgan fingerprint density at radius 3 is 1.98 bits per heavy atom. The fourth-order valence-corrected chi connectivity index (χ4v) is 4.15. The SMILES string of the molecule is COc1ccc2cccc(CCN(C(C)=O)C(=O)OC(C)OC(=O)CC(C)CC(=O)OC(COC(C)=O)COC(C)=O)c2c1. The number of amides is 2. The summed E-state index contributed by atoms with van der Waals surface area (Å²) >= 11 is 0. The van der Waals surface area contributed by atoms with Crippen LogP contribution in [0.1, 0.15) is 53.0 Å². The minimum atomic E-state index is -1.31. The molecule has 0 saturated heterocycles. The zero-order valence-electron chi connectivity index (χ0n) is 25.8. The summed E-state index contributed by atoms with van der Waals surface area (Å²) in [5.41, 5.74) is 0.900. The third-order valence-corrected chi connectivity index (χ3v) is 6.22. The Balaban J connectivity index is 1.87. The topological polar surface area (TPSA) is 161 Å². The summed E-state index contributed by atoms with van der Waals surface area (Å²) in [4.78, 5) is 72.9. The molecule has 0 heterocycles. The number of methoxy groups -OCH3 is 1. The summed E-state index contributed by atoms with van der Waals surface area (Å²) in [6.07, 6.45) is -3.35. The summed E-state index contributed by atoms with van der Waals surface area (Å²) in [6, 6.07) is 11.4. The van der Waals surface area contributed by atoms with E-state index in [1.54, 1.807) is 14.0 Å². The number of fused-ring (bicyclic) bond motifs is 1. The first-order chi connectivity index (χ1) is 20.8. The largest absolute Gasteiger partial charge is 0.497 e. The summed E-state index contributed by atoms with van der Waals surface area (Å²) in [5, 5.41) is 1.90. The lowest BCUT2D eigenvalue weighted by Crippen LogP contribution is -2.39. The number of nitrogens with zero attached hydrogens (tertiary/aromatic N) is 1. The molecule has 2 aromatic carbocycles. The second-order valence-electron chi connectivity index (χ2n) is 10.1. The number of esters is 4. The van der Waals surface area contributed by atoms with Crippen molar-refractivity contribution in [3.05, 3.63) is 42.0 Å². The van der Waals surface area contributed by atoms with Gasteiger partial charge < -0.3 is 28.4 Å². The van der Waals surface area contributed by atoms with E-state index in [-0.39, 0.29) is 32.6 Å². The molecule has 2 amide bonds. The number of hydrogen-bond acceptors (Lipinski definition) is 12. The molecule has 2 atom stereocenters. The van der Waals surface area contributed by atoms with Gasteiger partial charge in [-0.1, -0.05) is 31.2 Å². The van der Waals surface area contributed by atoms with Crippen molar-refractivity contribution in [1.82, 2.24) is 4.90 Å². The number of ether oxygens (including phenoxy) is 6. The van der Waals surface area contributed by atoms with Crippen LogP contribution in [0.15, 0.2) is 36.4 Å². The molecule has 0 saturated carbocycles. The average Bonchev–Trinajstić information content (AvgIpc) is 2.93. The number of hydrogen-bond donors (Lipinski definition) is 0. The number of imide groups is 1. The van der Waals surface area contributed by atoms with Gasteiger partial charge in [0.25, 0.3) is 0 Å². The number of carbonyl (C=O) groups is 6. The molecule has 13 heteroatoms. The highest BCUT2D eigenvalue weighted by molar-refractivity contribution is 5.91. The van der Waals surface area contributed by atoms with Crippen molar-refractivity contribution in [2.45, 2.75) is 66.3 Å². The standard InChI is InChI=1S/C31H39NO12/c1-19(15-30(37)44-27(17-40-21(3)34)18-41-22(4)35)14-29(36)42-23(5)43-31(38)32(20(2)33)13-12-25-9-7-8-24-10-11-26(39-6)16-28(24)25/h7-11,16,19,23,27H,12-15,17-18H2,1-6H3. The van der Waals surface area contributed by atoms with Gasteiger partial charge in [-0.3, -0.25) is 24.0 Å². The highest BCUT2D eigenvalue weighted by Crippen LogP contribution is 2.25. The molecule has 0 fully saturated rings. The van der Waals surface area contributed by atoms with E-state index in [0.29, 0.717) is 12.2 Å². The van der Waals surface area contributed by atoms with Crippen molar-refractivity contribution in [3.8, 4) is 5.75 Å². The van der Waals surface area contributed by atoms with Crippen LogP contribution >= 0.6 is 0 Å². The smallest absolute Gasteiger partial charge is 0.419 e. The fraction of sp³-hybridized carbons (Fsp3) is 0.484. The van der Waals surface area contributed by atoms with Crippen molar-refractivity contribution in [1.29, 1.82) is 0 Å². The maximum atomic E-state index is 12.8. The van der Waals surface area contributed by atoms with Crippen LogP contribution in [0.5, 0.6) is 5.75 Å². The quantitative estimate of drug-likeness (QED) is 0.162. The van der Waals surface area contributed by atoms with Crippen LogP contribution in [0.25, 0.3) is 10.8 Å². The van der Waals surface area contributed by atoms with E-state index in [4.69, 9.17) is 28.4 Å². The molecule has 2 unspecified atom stereocenters. The minimum absolute atomic E-state index is 0.0280. The van der Waals surface area contributed by atoms with Gasteiger partial charge in [0.15, 0.2) is 6.10 Å². The van der Waals surface area contributed by atoms with Crippen LogP contribution in [0.4, 0.5) is 4.79 Å². The van der Waals surface area contributed by atoms with E-state index in [0.717, 1.165) is 21.2 Å². The van der Waals surface area contributed by atoms with Crippen molar-refractivity contribution < 1.29 is 57.2 Å². The average molecular weight is 618 g/mol. The Bertz CT molecular complexity index is 1320. The van der Waals surface area contributed by atoms with Gasteiger partial charge in [-0.15, -0.1) is 0 Å². The van der Waals surface area contributed by atoms with Crippen molar-refractivity contribution >= 4 is 46.7 Å². The Labute approximate surface area is 255 Å². The van der Waals surface area contributed by atoms with E-state index in [1.165, 1.54) is 27.7 Å². The molecule has 0 radical (unpaired) electrons. The van der Waals surface area contributed by atoms with Gasteiger partial charge >= 0.3 is 30.0 Å². The molecule has 0 aliphatic heterocycles. The van der Waals surface area contributed by atoms with Crippen LogP contribution in [0.2, 0.25) is 0 Å². The Hall–Kier alpha value is -4.68. The molecule has 0 spiro atoms. The number of carbonyl (C=O) groups excluding carboxylic acids is 6. The van der Waals surface area contributed by atoms with Gasteiger partial charge in [0.05, 0.1) is 7.11 Å². The third kappa shape index (κ3) is 12.3. The predicted molar refractivity (Wildman–Crippen MR) is 155 cm³/mol. The van der Waals surface area contributed by atoms with Gasteiger partial charge in [-0.05, 0) is 40.8 Å². The molecule has 240 valence electrons. The number of benzene rings is 2. The van der Waals surface area contributed by atoms with Gasteiger partial charge in [0, 0.05) is 47.1 Å². The van der Waals surface area contributed by atoms with E-state index >= 15 is 0 Å². The molecule has 0 aliphatic carbocycles. The summed E-state index contributed by atoms with van der Waals surface area (Å²) in [5.74, 6) is -3.06. The lowest BCUT2D eigenvalue weighted by Gasteiger charge is -2.22. The second-order valence-corrected chi connectivity index (χ2v) is 10.1. The van der Waals surface area contributed by atoms with Gasteiger partial charge in [0.2, 0.25) is 12.2 Å². The normalized spacial score (nSPS) is 12.1. The van der Waals surface area contributed by atoms with Gasteiger partial charge in [0.1, 0.15) is 19.0 Å². The minimum Gasteiger partial charge on any atom is -0.497 e. The maximum absolute atomic E-state index is 12.8. The summed E-state index contributed by atoms with van der Waals surface area (Å²) in [6.45, 7) is 5.94. The Kier molecular flexibility index (Phi) is 14.1. The van der Waals surface area contributed by atoms with Crippen LogP contribution in [-0.4, -0.2) is 80.0 Å². The zero-order chi connectivity index (χ0) is 32.8. The Morgan fingerprint density at radius 2 is 1.41 bits per heavy atom. The van der Waals surface area contributed by atoms with E-state index < -0.39 is 54.2 Å². The van der Waals surface area contributed by atoms with Crippen LogP contribution in [0, 0.1) is 5.92 Å². The van der Waals surface area contributed by atoms with Gasteiger partial charge in [-0.25, -0.2) is 9.69 Å². The first kappa shape index (κ1) is 35.5. The maximum Gasteiger partial charge on any atom is 0.419 e. The number of rotatable bonds is 15. The van der Waals surface area contributed by atoms with Crippen molar-refractivity contribution in [3.63, 3.8) is 0 Å². The molecular formula is C31H39NO12. The predicted octanol–water partition coefficient (Wildman–Crippen LogP) is 3.72. The molecule has 13 nitrogen and oxygen atoms in total. The molecule has 0 N–H and O–H groups in total. The van der Waals surface area contributed by atoms with Crippen molar-refractivity contribution in [2.75, 3.05) is 26.9 Å². The van der Waals surface area contributed by atoms with Crippen molar-refractivity contribution in [2.24, 2.45) is 5.92 Å². The lowest BCUT2D eigenvalue weighted by molar-refractivity contribution is -0.169. The molecule has 0 aliphatic rings. The second kappa shape index (κ2) is 17.4. The first-order valence-corrected chi connectivity index (χ1v) is 14.0. The first-order valence-electron chi connectivity index (χ1n) is 14.0. The van der Waals surface area contributed by atoms with Crippen LogP contribution in [-0.2, 0) is 54.1 Å². The van der Waals surface area contributed by atoms with Crippen LogP contribution < -0.4 is 4.74 Å². The summed E-state index contributed by atoms with van der Waals surface area (Å²) in [7, 11) is 1.57. The van der Waals surface area contributed by atoms with Gasteiger partial charge in [-0.2, -0.15) is 0 Å². The third-order valence-electron chi connectivity index (χ3n) is 6.22. The monoisotopic (exact) mass is 617 g/mol. The van der Waals surface area contributed by atoms with E-state index in [9.17, 15) is 28.8 Å². The highest BCUT2D eigenvalue weighted by Gasteiger charge is 2.25. The fourth-order valence-electron chi connectivity index (χ4n) is 4.15. The lowest BCUT2D eigenvalue weighted by atomic mass is 10.0. The van der Waals surface area contributed by atoms with E-state index in [1.807, 2.05) is 36.4 Å². The zero-order valence-corrected chi connectivity index (χ0v) is 25.8. The molecule has 0 bridgehead atoms. The molecule has 2 rings (SSSR count). The van der Waals surface area contributed by atoms with E-state index in [2.05, 4.69) is 0 Å². The molecule has 0 aromatic heterocycles. The molecular weight excluding hydrogens is 578 g/mol. The summed E-state index contributed by atoms with van der Waals surface area (Å²) < 4.78 is 30.5. The highest BCUT2D eigenvalue weighted by atomic mass is 16.7. The van der Waals surface area contributed by atoms with Crippen LogP contribution in [0.3, 0.4) is 0 Å². The molecule has 2 aromatic rings. The molecule has 44 heavy (non-hydrogen) atoms. The Morgan fingerprint density at radius 1 is 0.795 bits per heavy atom.